The van der Waals surface area contributed by atoms with Gasteiger partial charge in [-0.3, -0.25) is 0 Å². The quantitative estimate of drug-likeness (QED) is 0.0418. The van der Waals surface area contributed by atoms with Gasteiger partial charge in [-0.15, -0.1) is 0 Å². The smallest absolute Gasteiger partial charge is 0.179 e. The highest BCUT2D eigenvalue weighted by Gasteiger charge is 2.13. The Morgan fingerprint density at radius 1 is 0.444 bits per heavy atom. The third-order valence-electron chi connectivity index (χ3n) is 8.99. The van der Waals surface area contributed by atoms with Crippen LogP contribution in [0.5, 0.6) is 0 Å². The molecule has 0 fully saturated rings. The largest absolute Gasteiger partial charge is 0.486 e. The summed E-state index contributed by atoms with van der Waals surface area (Å²) in [7, 11) is 0. The fourth-order valence-corrected chi connectivity index (χ4v) is 5.86. The normalized spacial score (nSPS) is 11.6. The highest BCUT2D eigenvalue weighted by molar-refractivity contribution is 5.49. The van der Waals surface area contributed by atoms with E-state index in [2.05, 4.69) is 13.8 Å². The van der Waals surface area contributed by atoms with Gasteiger partial charge in [0, 0.05) is 12.8 Å². The van der Waals surface area contributed by atoms with Crippen LogP contribution in [0.15, 0.2) is 11.5 Å². The molecule has 0 atom stereocenters. The molecular weight excluding hydrogens is 560 g/mol. The molecule has 0 saturated heterocycles. The molecule has 0 aromatic heterocycles. The zero-order valence-corrected chi connectivity index (χ0v) is 30.0. The Morgan fingerprint density at radius 3 is 0.911 bits per heavy atom. The average molecular weight is 635 g/mol. The second kappa shape index (κ2) is 36.9. The Bertz CT molecular complexity index is 649. The molecule has 0 aromatic carbocycles. The van der Waals surface area contributed by atoms with Crippen LogP contribution >= 0.6 is 0 Å². The van der Waals surface area contributed by atoms with Crippen molar-refractivity contribution < 1.29 is 24.2 Å². The van der Waals surface area contributed by atoms with Crippen molar-refractivity contribution in [3.8, 4) is 0 Å². The van der Waals surface area contributed by atoms with Gasteiger partial charge in [0.1, 0.15) is 0 Å². The summed E-state index contributed by atoms with van der Waals surface area (Å²) in [6.45, 7) is 4.78. The molecule has 264 valence electrons. The molecule has 0 bridgehead atoms. The fourth-order valence-electron chi connectivity index (χ4n) is 5.86. The van der Waals surface area contributed by atoms with Crippen molar-refractivity contribution in [2.75, 3.05) is 19.8 Å². The van der Waals surface area contributed by atoms with Crippen molar-refractivity contribution in [3.63, 3.8) is 0 Å². The summed E-state index contributed by atoms with van der Waals surface area (Å²) < 4.78 is 11.3. The topological polar surface area (TPSA) is 72.8 Å². The van der Waals surface area contributed by atoms with Crippen LogP contribution in [0.1, 0.15) is 206 Å². The predicted octanol–water partition coefficient (Wildman–Crippen LogP) is 11.8. The Kier molecular flexibility index (Phi) is 35.7. The first-order chi connectivity index (χ1) is 22.2. The van der Waals surface area contributed by atoms with E-state index in [1.54, 1.807) is 0 Å². The average Bonchev–Trinajstić information content (AvgIpc) is 3.06. The number of carbonyl (C=O) groups excluding carboxylic acids is 2. The van der Waals surface area contributed by atoms with Crippen LogP contribution in [0, 0.1) is 5.92 Å². The van der Waals surface area contributed by atoms with Crippen molar-refractivity contribution in [2.24, 2.45) is 5.92 Å². The first-order valence-corrected chi connectivity index (χ1v) is 19.6. The third-order valence-corrected chi connectivity index (χ3v) is 8.99. The van der Waals surface area contributed by atoms with E-state index in [4.69, 9.17) is 9.47 Å². The molecular formula is C40H74O5. The molecule has 0 heterocycles. The summed E-state index contributed by atoms with van der Waals surface area (Å²) >= 11 is 0. The van der Waals surface area contributed by atoms with Gasteiger partial charge in [-0.1, -0.05) is 181 Å². The summed E-state index contributed by atoms with van der Waals surface area (Å²) in [6.07, 6.45) is 37.4. The van der Waals surface area contributed by atoms with Crippen LogP contribution < -0.4 is 0 Å². The Hall–Kier alpha value is -1.54. The van der Waals surface area contributed by atoms with Crippen LogP contribution in [0.2, 0.25) is 0 Å². The van der Waals surface area contributed by atoms with Crippen molar-refractivity contribution in [3.05, 3.63) is 11.5 Å². The molecule has 0 rings (SSSR count). The highest BCUT2D eigenvalue weighted by Crippen LogP contribution is 2.17. The number of rotatable bonds is 37. The Morgan fingerprint density at radius 2 is 0.689 bits per heavy atom. The van der Waals surface area contributed by atoms with Gasteiger partial charge in [-0.2, -0.15) is 0 Å². The van der Waals surface area contributed by atoms with Gasteiger partial charge in [0.2, 0.25) is 0 Å². The van der Waals surface area contributed by atoms with Gasteiger partial charge < -0.3 is 14.6 Å². The predicted molar refractivity (Wildman–Crippen MR) is 191 cm³/mol. The maximum absolute atomic E-state index is 11.4. The molecule has 0 aliphatic heterocycles. The summed E-state index contributed by atoms with van der Waals surface area (Å²) in [4.78, 5) is 22.7. The minimum atomic E-state index is -0.301. The summed E-state index contributed by atoms with van der Waals surface area (Å²) in [5, 5.41) is 9.74. The number of hydrogen-bond acceptors (Lipinski definition) is 5. The minimum absolute atomic E-state index is 0.129. The van der Waals surface area contributed by atoms with Crippen LogP contribution in [0.25, 0.3) is 0 Å². The van der Waals surface area contributed by atoms with Gasteiger partial charge in [0.05, 0.1) is 25.7 Å². The fraction of sp³-hybridized carbons (Fsp3) is 0.900. The number of ether oxygens (including phenoxy) is 2. The van der Waals surface area contributed by atoms with Crippen LogP contribution in [-0.4, -0.2) is 36.8 Å². The first kappa shape index (κ1) is 43.5. The molecule has 0 aromatic rings. The molecule has 1 N–H and O–H groups in total. The van der Waals surface area contributed by atoms with Gasteiger partial charge in [-0.05, 0) is 12.8 Å². The van der Waals surface area contributed by atoms with Crippen LogP contribution in [0.4, 0.5) is 0 Å². The number of allylic oxidation sites excluding steroid dienone is 2. The van der Waals surface area contributed by atoms with Crippen LogP contribution in [0.3, 0.4) is 0 Å². The van der Waals surface area contributed by atoms with E-state index < -0.39 is 0 Å². The second-order valence-corrected chi connectivity index (χ2v) is 13.4. The SMILES string of the molecule is CCCCCCCCCCCCCCCCC(=C=O)OCC(CO)COC(=C=O)CCCCCCCCCCCCCCCC. The lowest BCUT2D eigenvalue weighted by Crippen LogP contribution is -2.20. The number of aliphatic hydroxyl groups is 1. The standard InChI is InChI=1S/C40H74O5/c1-3-5-7-9-11-13-15-17-19-21-23-25-27-29-31-39(34-42)44-36-38(33-41)37-45-40(35-43)32-30-28-26-24-22-20-18-16-14-12-10-8-6-4-2/h38,41H,3-33,36-37H2,1-2H3. The summed E-state index contributed by atoms with van der Waals surface area (Å²) in [5.74, 6) is 4.20. The number of unbranched alkanes of at least 4 members (excludes halogenated alkanes) is 26. The molecule has 45 heavy (non-hydrogen) atoms. The highest BCUT2D eigenvalue weighted by atomic mass is 16.5. The third kappa shape index (κ3) is 32.2. The molecule has 0 saturated carbocycles. The molecule has 0 radical (unpaired) electrons. The maximum atomic E-state index is 11.4. The van der Waals surface area contributed by atoms with E-state index in [-0.39, 0.29) is 25.7 Å². The molecule has 5 heteroatoms. The minimum Gasteiger partial charge on any atom is -0.486 e. The molecule has 0 spiro atoms. The van der Waals surface area contributed by atoms with Gasteiger partial charge >= 0.3 is 0 Å². The van der Waals surface area contributed by atoms with Crippen LogP contribution in [-0.2, 0) is 19.1 Å². The molecule has 0 aliphatic rings. The van der Waals surface area contributed by atoms with E-state index >= 15 is 0 Å². The lowest BCUT2D eigenvalue weighted by Gasteiger charge is -2.17. The molecule has 5 nitrogen and oxygen atoms in total. The molecule has 0 aliphatic carbocycles. The Labute approximate surface area is 279 Å². The first-order valence-electron chi connectivity index (χ1n) is 19.6. The summed E-state index contributed by atoms with van der Waals surface area (Å²) in [6, 6.07) is 0. The molecule has 0 unspecified atom stereocenters. The summed E-state index contributed by atoms with van der Waals surface area (Å²) in [5.41, 5.74) is 0. The van der Waals surface area contributed by atoms with Gasteiger partial charge in [0.15, 0.2) is 23.4 Å². The van der Waals surface area contributed by atoms with Crippen molar-refractivity contribution in [1.29, 1.82) is 0 Å². The molecule has 0 amide bonds. The van der Waals surface area contributed by atoms with Gasteiger partial charge in [-0.25, -0.2) is 9.59 Å². The van der Waals surface area contributed by atoms with Gasteiger partial charge in [0.25, 0.3) is 0 Å². The lowest BCUT2D eigenvalue weighted by atomic mass is 10.0. The zero-order valence-electron chi connectivity index (χ0n) is 30.0. The lowest BCUT2D eigenvalue weighted by molar-refractivity contribution is 0.0587. The van der Waals surface area contributed by atoms with E-state index in [0.717, 1.165) is 25.7 Å². The number of aliphatic hydroxyl groups excluding tert-OH is 1. The van der Waals surface area contributed by atoms with E-state index in [9.17, 15) is 14.7 Å². The van der Waals surface area contributed by atoms with Crippen molar-refractivity contribution in [1.82, 2.24) is 0 Å². The zero-order chi connectivity index (χ0) is 32.9. The Balaban J connectivity index is 3.74. The monoisotopic (exact) mass is 635 g/mol. The van der Waals surface area contributed by atoms with E-state index in [1.807, 2.05) is 11.9 Å². The van der Waals surface area contributed by atoms with E-state index in [0.29, 0.717) is 24.4 Å². The maximum Gasteiger partial charge on any atom is 0.179 e. The van der Waals surface area contributed by atoms with E-state index in [1.165, 1.54) is 154 Å². The number of hydrogen-bond donors (Lipinski definition) is 1. The van der Waals surface area contributed by atoms with Crippen molar-refractivity contribution in [2.45, 2.75) is 206 Å². The second-order valence-electron chi connectivity index (χ2n) is 13.4. The van der Waals surface area contributed by atoms with Crippen molar-refractivity contribution >= 4 is 11.9 Å².